The van der Waals surface area contributed by atoms with Crippen molar-refractivity contribution >= 4 is 21.4 Å². The van der Waals surface area contributed by atoms with Crippen LogP contribution in [0.15, 0.2) is 24.3 Å². The lowest BCUT2D eigenvalue weighted by atomic mass is 10.1. The minimum atomic E-state index is 0.379. The number of likely N-dealkylation sites (tertiary alicyclic amines) is 1. The number of aryl methyl sites for hydroxylation is 1. The average molecular weight is 246 g/mol. The topological polar surface area (TPSA) is 29.3 Å². The van der Waals surface area contributed by atoms with Crippen LogP contribution in [-0.4, -0.2) is 24.0 Å². The summed E-state index contributed by atoms with van der Waals surface area (Å²) in [6.07, 6.45) is 1.14. The van der Waals surface area contributed by atoms with Gasteiger partial charge in [-0.1, -0.05) is 18.2 Å². The molecule has 90 valence electrons. The number of nitrogens with zero attached hydrogens (tertiary/aromatic N) is 1. The van der Waals surface area contributed by atoms with Crippen molar-refractivity contribution in [3.05, 3.63) is 34.7 Å². The molecule has 1 aromatic carbocycles. The highest BCUT2D eigenvalue weighted by Gasteiger charge is 2.20. The molecule has 3 heteroatoms. The van der Waals surface area contributed by atoms with Gasteiger partial charge in [0.15, 0.2) is 0 Å². The third-order valence-corrected chi connectivity index (χ3v) is 4.88. The third kappa shape index (κ3) is 2.10. The fourth-order valence-electron chi connectivity index (χ4n) is 2.59. The Hall–Kier alpha value is -0.900. The predicted octanol–water partition coefficient (Wildman–Crippen LogP) is 2.74. The molecule has 1 fully saturated rings. The lowest BCUT2D eigenvalue weighted by molar-refractivity contribution is 0.329. The monoisotopic (exact) mass is 246 g/mol. The Labute approximate surface area is 106 Å². The number of fused-ring (bicyclic) bond motifs is 1. The Balaban J connectivity index is 1.88. The van der Waals surface area contributed by atoms with Crippen molar-refractivity contribution in [2.45, 2.75) is 25.9 Å². The number of thiophene rings is 1. The van der Waals surface area contributed by atoms with Gasteiger partial charge in [0, 0.05) is 35.3 Å². The maximum atomic E-state index is 5.95. The number of rotatable bonds is 2. The van der Waals surface area contributed by atoms with Crippen LogP contribution in [0.25, 0.3) is 10.1 Å². The van der Waals surface area contributed by atoms with Gasteiger partial charge in [0.05, 0.1) is 0 Å². The summed E-state index contributed by atoms with van der Waals surface area (Å²) in [5.41, 5.74) is 7.40. The largest absolute Gasteiger partial charge is 0.326 e. The van der Waals surface area contributed by atoms with E-state index in [0.717, 1.165) is 26.1 Å². The van der Waals surface area contributed by atoms with E-state index in [2.05, 4.69) is 36.1 Å². The van der Waals surface area contributed by atoms with Crippen molar-refractivity contribution in [2.75, 3.05) is 13.1 Å². The second-order valence-electron chi connectivity index (χ2n) is 4.93. The van der Waals surface area contributed by atoms with Gasteiger partial charge in [0.1, 0.15) is 0 Å². The number of nitrogens with two attached hydrogens (primary N) is 1. The first-order valence-corrected chi connectivity index (χ1v) is 7.00. The van der Waals surface area contributed by atoms with Gasteiger partial charge >= 0.3 is 0 Å². The van der Waals surface area contributed by atoms with Crippen LogP contribution in [0.5, 0.6) is 0 Å². The third-order valence-electron chi connectivity index (χ3n) is 3.62. The van der Waals surface area contributed by atoms with E-state index in [1.165, 1.54) is 20.5 Å². The molecule has 0 radical (unpaired) electrons. The second kappa shape index (κ2) is 4.41. The second-order valence-corrected chi connectivity index (χ2v) is 6.07. The molecule has 2 aromatic rings. The zero-order valence-corrected chi connectivity index (χ0v) is 11.0. The highest BCUT2D eigenvalue weighted by molar-refractivity contribution is 7.19. The summed E-state index contributed by atoms with van der Waals surface area (Å²) < 4.78 is 1.41. The Morgan fingerprint density at radius 2 is 2.24 bits per heavy atom. The van der Waals surface area contributed by atoms with Gasteiger partial charge < -0.3 is 5.73 Å². The van der Waals surface area contributed by atoms with Crippen molar-refractivity contribution in [3.63, 3.8) is 0 Å². The lowest BCUT2D eigenvalue weighted by Crippen LogP contribution is -2.26. The van der Waals surface area contributed by atoms with E-state index in [-0.39, 0.29) is 0 Å². The molecule has 2 nitrogen and oxygen atoms in total. The van der Waals surface area contributed by atoms with Crippen molar-refractivity contribution < 1.29 is 0 Å². The van der Waals surface area contributed by atoms with E-state index < -0.39 is 0 Å². The summed E-state index contributed by atoms with van der Waals surface area (Å²) in [6, 6.07) is 9.06. The minimum Gasteiger partial charge on any atom is -0.326 e. The number of hydrogen-bond donors (Lipinski definition) is 1. The number of benzene rings is 1. The van der Waals surface area contributed by atoms with Gasteiger partial charge in [0.25, 0.3) is 0 Å². The maximum Gasteiger partial charge on any atom is 0.0348 e. The van der Waals surface area contributed by atoms with Gasteiger partial charge in [-0.2, -0.15) is 0 Å². The zero-order chi connectivity index (χ0) is 11.8. The first-order valence-electron chi connectivity index (χ1n) is 6.19. The Morgan fingerprint density at radius 1 is 1.41 bits per heavy atom. The summed E-state index contributed by atoms with van der Waals surface area (Å²) in [5, 5.41) is 1.41. The van der Waals surface area contributed by atoms with Gasteiger partial charge in [-0.15, -0.1) is 11.3 Å². The molecule has 17 heavy (non-hydrogen) atoms. The average Bonchev–Trinajstić information content (AvgIpc) is 2.86. The van der Waals surface area contributed by atoms with E-state index in [9.17, 15) is 0 Å². The van der Waals surface area contributed by atoms with Gasteiger partial charge in [-0.25, -0.2) is 0 Å². The quantitative estimate of drug-likeness (QED) is 0.883. The minimum absolute atomic E-state index is 0.379. The maximum absolute atomic E-state index is 5.95. The van der Waals surface area contributed by atoms with Crippen LogP contribution in [0.1, 0.15) is 16.9 Å². The standard InChI is InChI=1S/C14H18N2S/c1-10-12-4-2-3-5-13(12)17-14(10)9-16-7-6-11(15)8-16/h2-5,11H,6-9,15H2,1H3/t11-/m0/s1. The molecule has 0 aliphatic carbocycles. The molecule has 0 amide bonds. The molecule has 0 spiro atoms. The van der Waals surface area contributed by atoms with Crippen LogP contribution in [0.2, 0.25) is 0 Å². The molecule has 1 aliphatic heterocycles. The van der Waals surface area contributed by atoms with Crippen molar-refractivity contribution in [1.82, 2.24) is 4.90 Å². The highest BCUT2D eigenvalue weighted by Crippen LogP contribution is 2.31. The molecule has 1 atom stereocenters. The van der Waals surface area contributed by atoms with Crippen LogP contribution in [0.4, 0.5) is 0 Å². The van der Waals surface area contributed by atoms with Gasteiger partial charge in [-0.3, -0.25) is 4.90 Å². The molecule has 2 N–H and O–H groups in total. The lowest BCUT2D eigenvalue weighted by Gasteiger charge is -2.14. The fourth-order valence-corrected chi connectivity index (χ4v) is 3.84. The number of hydrogen-bond acceptors (Lipinski definition) is 3. The van der Waals surface area contributed by atoms with Crippen molar-refractivity contribution in [1.29, 1.82) is 0 Å². The van der Waals surface area contributed by atoms with Gasteiger partial charge in [0.2, 0.25) is 0 Å². The summed E-state index contributed by atoms with van der Waals surface area (Å²) in [6.45, 7) is 5.51. The first-order chi connectivity index (χ1) is 8.24. The summed E-state index contributed by atoms with van der Waals surface area (Å²) in [7, 11) is 0. The summed E-state index contributed by atoms with van der Waals surface area (Å²) in [4.78, 5) is 3.97. The molecule has 3 rings (SSSR count). The van der Waals surface area contributed by atoms with Crippen LogP contribution >= 0.6 is 11.3 Å². The normalized spacial score (nSPS) is 21.4. The molecule has 1 aliphatic rings. The predicted molar refractivity (Wildman–Crippen MR) is 74.4 cm³/mol. The molecular weight excluding hydrogens is 228 g/mol. The molecule has 2 heterocycles. The van der Waals surface area contributed by atoms with E-state index in [0.29, 0.717) is 6.04 Å². The Morgan fingerprint density at radius 3 is 2.94 bits per heavy atom. The Bertz CT molecular complexity index is 532. The molecule has 0 bridgehead atoms. The van der Waals surface area contributed by atoms with Crippen LogP contribution < -0.4 is 5.73 Å². The van der Waals surface area contributed by atoms with E-state index in [1.807, 2.05) is 11.3 Å². The first kappa shape index (κ1) is 11.2. The zero-order valence-electron chi connectivity index (χ0n) is 10.1. The van der Waals surface area contributed by atoms with Crippen LogP contribution in [-0.2, 0) is 6.54 Å². The molecule has 1 aromatic heterocycles. The van der Waals surface area contributed by atoms with E-state index >= 15 is 0 Å². The smallest absolute Gasteiger partial charge is 0.0348 e. The highest BCUT2D eigenvalue weighted by atomic mass is 32.1. The molecule has 0 saturated carbocycles. The summed E-state index contributed by atoms with van der Waals surface area (Å²) in [5.74, 6) is 0. The van der Waals surface area contributed by atoms with Crippen molar-refractivity contribution in [2.24, 2.45) is 5.73 Å². The summed E-state index contributed by atoms with van der Waals surface area (Å²) >= 11 is 1.93. The SMILES string of the molecule is Cc1c(CN2CC[C@H](N)C2)sc2ccccc12. The molecule has 1 saturated heterocycles. The molecular formula is C14H18N2S. The van der Waals surface area contributed by atoms with E-state index in [4.69, 9.17) is 5.73 Å². The van der Waals surface area contributed by atoms with Crippen LogP contribution in [0.3, 0.4) is 0 Å². The fraction of sp³-hybridized carbons (Fsp3) is 0.429. The van der Waals surface area contributed by atoms with Crippen LogP contribution in [0, 0.1) is 6.92 Å². The van der Waals surface area contributed by atoms with Crippen molar-refractivity contribution in [3.8, 4) is 0 Å². The molecule has 0 unspecified atom stereocenters. The van der Waals surface area contributed by atoms with E-state index in [1.54, 1.807) is 0 Å². The van der Waals surface area contributed by atoms with Gasteiger partial charge in [-0.05, 0) is 30.4 Å². The Kier molecular flexibility index (Phi) is 2.90.